The standard InChI is InChI=1S/C14H18BrNO5/c1-5-16-13(17)8(2)21-14(18)9-6-10(19-3)12(15)11(7-9)20-4/h6-8H,5H2,1-4H3,(H,16,17)/t8-/m1/s1. The van der Waals surface area contributed by atoms with Crippen molar-refractivity contribution in [2.45, 2.75) is 20.0 Å². The van der Waals surface area contributed by atoms with E-state index in [1.807, 2.05) is 0 Å². The molecular formula is C14H18BrNO5. The molecule has 116 valence electrons. The zero-order valence-electron chi connectivity index (χ0n) is 12.4. The largest absolute Gasteiger partial charge is 0.495 e. The number of carbonyl (C=O) groups is 2. The van der Waals surface area contributed by atoms with E-state index in [4.69, 9.17) is 14.2 Å². The summed E-state index contributed by atoms with van der Waals surface area (Å²) >= 11 is 3.31. The third-order valence-corrected chi connectivity index (χ3v) is 3.47. The molecule has 6 nitrogen and oxygen atoms in total. The fourth-order valence-electron chi connectivity index (χ4n) is 1.59. The molecule has 0 bridgehead atoms. The molecule has 1 rings (SSSR count). The highest BCUT2D eigenvalue weighted by Gasteiger charge is 2.20. The van der Waals surface area contributed by atoms with Gasteiger partial charge in [0.05, 0.1) is 19.8 Å². The Morgan fingerprint density at radius 2 is 1.76 bits per heavy atom. The number of hydrogen-bond donors (Lipinski definition) is 1. The molecule has 1 aromatic rings. The monoisotopic (exact) mass is 359 g/mol. The van der Waals surface area contributed by atoms with Crippen molar-refractivity contribution in [1.82, 2.24) is 5.32 Å². The second-order valence-electron chi connectivity index (χ2n) is 4.14. The van der Waals surface area contributed by atoms with E-state index >= 15 is 0 Å². The lowest BCUT2D eigenvalue weighted by Gasteiger charge is -2.14. The molecule has 0 radical (unpaired) electrons. The number of rotatable bonds is 6. The SMILES string of the molecule is CCNC(=O)[C@@H](C)OC(=O)c1cc(OC)c(Br)c(OC)c1. The van der Waals surface area contributed by atoms with Gasteiger partial charge in [-0.25, -0.2) is 4.79 Å². The van der Waals surface area contributed by atoms with Crippen molar-refractivity contribution in [2.24, 2.45) is 0 Å². The summed E-state index contributed by atoms with van der Waals surface area (Å²) in [6.45, 7) is 3.77. The number of carbonyl (C=O) groups excluding carboxylic acids is 2. The van der Waals surface area contributed by atoms with Crippen molar-refractivity contribution in [3.05, 3.63) is 22.2 Å². The van der Waals surface area contributed by atoms with Crippen LogP contribution in [0.4, 0.5) is 0 Å². The van der Waals surface area contributed by atoms with Gasteiger partial charge < -0.3 is 19.5 Å². The first kappa shape index (κ1) is 17.3. The van der Waals surface area contributed by atoms with Crippen LogP contribution in [-0.2, 0) is 9.53 Å². The number of hydrogen-bond acceptors (Lipinski definition) is 5. The molecule has 0 spiro atoms. The molecule has 1 atom stereocenters. The molecule has 0 aliphatic carbocycles. The van der Waals surface area contributed by atoms with Crippen LogP contribution in [0.25, 0.3) is 0 Å². The van der Waals surface area contributed by atoms with Crippen LogP contribution in [0.3, 0.4) is 0 Å². The van der Waals surface area contributed by atoms with Gasteiger partial charge in [-0.3, -0.25) is 4.79 Å². The van der Waals surface area contributed by atoms with E-state index in [1.165, 1.54) is 33.3 Å². The molecule has 21 heavy (non-hydrogen) atoms. The Kier molecular flexibility index (Phi) is 6.48. The first-order valence-electron chi connectivity index (χ1n) is 6.34. The second-order valence-corrected chi connectivity index (χ2v) is 4.93. The average Bonchev–Trinajstić information content (AvgIpc) is 2.47. The molecule has 0 aliphatic heterocycles. The van der Waals surface area contributed by atoms with Gasteiger partial charge in [0.1, 0.15) is 16.0 Å². The maximum Gasteiger partial charge on any atom is 0.339 e. The summed E-state index contributed by atoms with van der Waals surface area (Å²) in [6, 6.07) is 3.03. The van der Waals surface area contributed by atoms with Gasteiger partial charge in [0.25, 0.3) is 5.91 Å². The van der Waals surface area contributed by atoms with Gasteiger partial charge in [-0.2, -0.15) is 0 Å². The van der Waals surface area contributed by atoms with Crippen molar-refractivity contribution < 1.29 is 23.8 Å². The van der Waals surface area contributed by atoms with Gasteiger partial charge in [0.2, 0.25) is 0 Å². The molecule has 0 aromatic heterocycles. The number of benzene rings is 1. The number of likely N-dealkylation sites (N-methyl/N-ethyl adjacent to an activating group) is 1. The Morgan fingerprint density at radius 1 is 1.24 bits per heavy atom. The summed E-state index contributed by atoms with van der Waals surface area (Å²) in [5.41, 5.74) is 0.239. The molecule has 0 fully saturated rings. The summed E-state index contributed by atoms with van der Waals surface area (Å²) in [6.07, 6.45) is -0.877. The number of esters is 1. The molecule has 0 aliphatic rings. The van der Waals surface area contributed by atoms with Crippen LogP contribution in [0.2, 0.25) is 0 Å². The van der Waals surface area contributed by atoms with Gasteiger partial charge >= 0.3 is 5.97 Å². The maximum atomic E-state index is 12.1. The molecule has 0 unspecified atom stereocenters. The van der Waals surface area contributed by atoms with Crippen molar-refractivity contribution in [3.63, 3.8) is 0 Å². The van der Waals surface area contributed by atoms with E-state index in [2.05, 4.69) is 21.2 Å². The van der Waals surface area contributed by atoms with Gasteiger partial charge in [0, 0.05) is 6.54 Å². The Morgan fingerprint density at radius 3 is 2.19 bits per heavy atom. The van der Waals surface area contributed by atoms with Crippen molar-refractivity contribution >= 4 is 27.8 Å². The summed E-state index contributed by atoms with van der Waals surface area (Å²) in [5, 5.41) is 2.58. The third kappa shape index (κ3) is 4.35. The van der Waals surface area contributed by atoms with Crippen LogP contribution < -0.4 is 14.8 Å². The molecule has 7 heteroatoms. The van der Waals surface area contributed by atoms with Crippen LogP contribution in [0.1, 0.15) is 24.2 Å². The Bertz CT molecular complexity index is 507. The van der Waals surface area contributed by atoms with E-state index in [-0.39, 0.29) is 11.5 Å². The fourth-order valence-corrected chi connectivity index (χ4v) is 2.14. The predicted octanol–water partition coefficient (Wildman–Crippen LogP) is 2.15. The van der Waals surface area contributed by atoms with Crippen LogP contribution in [-0.4, -0.2) is 38.7 Å². The lowest BCUT2D eigenvalue weighted by Crippen LogP contribution is -2.35. The average molecular weight is 360 g/mol. The smallest absolute Gasteiger partial charge is 0.339 e. The minimum absolute atomic E-state index is 0.239. The zero-order valence-corrected chi connectivity index (χ0v) is 13.9. The number of amides is 1. The minimum atomic E-state index is -0.877. The van der Waals surface area contributed by atoms with Crippen LogP contribution >= 0.6 is 15.9 Å². The molecule has 0 saturated heterocycles. The molecule has 1 N–H and O–H groups in total. The van der Waals surface area contributed by atoms with E-state index in [9.17, 15) is 9.59 Å². The molecule has 0 heterocycles. The van der Waals surface area contributed by atoms with Crippen molar-refractivity contribution in [1.29, 1.82) is 0 Å². The van der Waals surface area contributed by atoms with Gasteiger partial charge in [-0.1, -0.05) is 0 Å². The van der Waals surface area contributed by atoms with Crippen LogP contribution in [0.15, 0.2) is 16.6 Å². The van der Waals surface area contributed by atoms with Crippen LogP contribution in [0, 0.1) is 0 Å². The van der Waals surface area contributed by atoms with Crippen LogP contribution in [0.5, 0.6) is 11.5 Å². The highest BCUT2D eigenvalue weighted by molar-refractivity contribution is 9.10. The fraction of sp³-hybridized carbons (Fsp3) is 0.429. The summed E-state index contributed by atoms with van der Waals surface area (Å²) < 4.78 is 16.0. The number of ether oxygens (including phenoxy) is 3. The van der Waals surface area contributed by atoms with Crippen molar-refractivity contribution in [2.75, 3.05) is 20.8 Å². The number of halogens is 1. The molecule has 1 aromatic carbocycles. The lowest BCUT2D eigenvalue weighted by atomic mass is 10.2. The zero-order chi connectivity index (χ0) is 16.0. The van der Waals surface area contributed by atoms with E-state index in [0.29, 0.717) is 22.5 Å². The van der Waals surface area contributed by atoms with E-state index in [1.54, 1.807) is 6.92 Å². The Balaban J connectivity index is 2.95. The van der Waals surface area contributed by atoms with Gasteiger partial charge in [-0.05, 0) is 41.9 Å². The normalized spacial score (nSPS) is 11.5. The quantitative estimate of drug-likeness (QED) is 0.787. The van der Waals surface area contributed by atoms with Gasteiger partial charge in [0.15, 0.2) is 6.10 Å². The van der Waals surface area contributed by atoms with E-state index < -0.39 is 12.1 Å². The van der Waals surface area contributed by atoms with Crippen molar-refractivity contribution in [3.8, 4) is 11.5 Å². The first-order valence-corrected chi connectivity index (χ1v) is 7.14. The Hall–Kier alpha value is -1.76. The highest BCUT2D eigenvalue weighted by atomic mass is 79.9. The Labute approximate surface area is 131 Å². The molecular weight excluding hydrogens is 342 g/mol. The summed E-state index contributed by atoms with van der Waals surface area (Å²) in [5.74, 6) is -0.0985. The molecule has 1 amide bonds. The summed E-state index contributed by atoms with van der Waals surface area (Å²) in [7, 11) is 2.96. The second kappa shape index (κ2) is 7.87. The maximum absolute atomic E-state index is 12.1. The number of methoxy groups -OCH3 is 2. The lowest BCUT2D eigenvalue weighted by molar-refractivity contribution is -0.128. The number of nitrogens with one attached hydrogen (secondary N) is 1. The molecule has 0 saturated carbocycles. The highest BCUT2D eigenvalue weighted by Crippen LogP contribution is 2.35. The first-order chi connectivity index (χ1) is 9.94. The predicted molar refractivity (Wildman–Crippen MR) is 80.8 cm³/mol. The summed E-state index contributed by atoms with van der Waals surface area (Å²) in [4.78, 5) is 23.6. The van der Waals surface area contributed by atoms with E-state index in [0.717, 1.165) is 0 Å². The third-order valence-electron chi connectivity index (χ3n) is 2.69. The van der Waals surface area contributed by atoms with Gasteiger partial charge in [-0.15, -0.1) is 0 Å². The topological polar surface area (TPSA) is 73.9 Å². The minimum Gasteiger partial charge on any atom is -0.495 e.